The van der Waals surface area contributed by atoms with Crippen LogP contribution in [0.4, 0.5) is 5.69 Å². The SMILES string of the molecule is Cc1cc(Cl)ccc1NC(=O)C1CCNC(=O)C1. The molecule has 0 spiro atoms. The maximum Gasteiger partial charge on any atom is 0.228 e. The van der Waals surface area contributed by atoms with E-state index in [1.54, 1.807) is 18.2 Å². The van der Waals surface area contributed by atoms with E-state index < -0.39 is 0 Å². The van der Waals surface area contributed by atoms with Crippen LogP contribution in [0.3, 0.4) is 0 Å². The molecule has 1 aromatic rings. The monoisotopic (exact) mass is 266 g/mol. The van der Waals surface area contributed by atoms with Crippen LogP contribution >= 0.6 is 11.6 Å². The van der Waals surface area contributed by atoms with Crippen LogP contribution in [0.25, 0.3) is 0 Å². The van der Waals surface area contributed by atoms with Crippen LogP contribution in [0, 0.1) is 12.8 Å². The molecule has 0 bridgehead atoms. The van der Waals surface area contributed by atoms with Gasteiger partial charge in [-0.3, -0.25) is 9.59 Å². The van der Waals surface area contributed by atoms with Gasteiger partial charge in [-0.1, -0.05) is 11.6 Å². The van der Waals surface area contributed by atoms with Gasteiger partial charge in [0.25, 0.3) is 0 Å². The molecule has 1 unspecified atom stereocenters. The lowest BCUT2D eigenvalue weighted by molar-refractivity contribution is -0.129. The van der Waals surface area contributed by atoms with Crippen LogP contribution in [0.1, 0.15) is 18.4 Å². The van der Waals surface area contributed by atoms with Crippen molar-refractivity contribution in [3.05, 3.63) is 28.8 Å². The average Bonchev–Trinajstić information content (AvgIpc) is 2.32. The summed E-state index contributed by atoms with van der Waals surface area (Å²) < 4.78 is 0. The zero-order valence-electron chi connectivity index (χ0n) is 10.1. The number of carbonyl (C=O) groups excluding carboxylic acids is 2. The summed E-state index contributed by atoms with van der Waals surface area (Å²) in [4.78, 5) is 23.3. The minimum absolute atomic E-state index is 0.0609. The summed E-state index contributed by atoms with van der Waals surface area (Å²) in [5.41, 5.74) is 1.66. The summed E-state index contributed by atoms with van der Waals surface area (Å²) >= 11 is 5.86. The molecule has 0 radical (unpaired) electrons. The third-order valence-electron chi connectivity index (χ3n) is 3.06. The molecule has 1 fully saturated rings. The molecule has 0 aromatic heterocycles. The first-order chi connectivity index (χ1) is 8.56. The molecule has 4 nitrogen and oxygen atoms in total. The van der Waals surface area contributed by atoms with Gasteiger partial charge in [-0.25, -0.2) is 0 Å². The Labute approximate surface area is 111 Å². The average molecular weight is 267 g/mol. The predicted octanol–water partition coefficient (Wildman–Crippen LogP) is 2.11. The third kappa shape index (κ3) is 3.01. The molecule has 0 saturated carbocycles. The van der Waals surface area contributed by atoms with Crippen molar-refractivity contribution in [3.63, 3.8) is 0 Å². The fraction of sp³-hybridized carbons (Fsp3) is 0.385. The Morgan fingerprint density at radius 2 is 2.28 bits per heavy atom. The van der Waals surface area contributed by atoms with Crippen LogP contribution in [-0.2, 0) is 9.59 Å². The maximum atomic E-state index is 12.0. The molecule has 96 valence electrons. The number of amides is 2. The van der Waals surface area contributed by atoms with Gasteiger partial charge in [0, 0.05) is 29.6 Å². The fourth-order valence-electron chi connectivity index (χ4n) is 2.01. The zero-order chi connectivity index (χ0) is 13.1. The first-order valence-electron chi connectivity index (χ1n) is 5.90. The Morgan fingerprint density at radius 3 is 2.94 bits per heavy atom. The molecule has 2 N–H and O–H groups in total. The van der Waals surface area contributed by atoms with Crippen LogP contribution in [0.5, 0.6) is 0 Å². The molecule has 2 rings (SSSR count). The van der Waals surface area contributed by atoms with E-state index in [2.05, 4.69) is 10.6 Å². The van der Waals surface area contributed by atoms with Gasteiger partial charge in [0.1, 0.15) is 0 Å². The topological polar surface area (TPSA) is 58.2 Å². The highest BCUT2D eigenvalue weighted by molar-refractivity contribution is 6.30. The van der Waals surface area contributed by atoms with Gasteiger partial charge in [0.15, 0.2) is 0 Å². The lowest BCUT2D eigenvalue weighted by atomic mass is 9.96. The van der Waals surface area contributed by atoms with Crippen molar-refractivity contribution in [2.75, 3.05) is 11.9 Å². The number of benzene rings is 1. The zero-order valence-corrected chi connectivity index (χ0v) is 10.9. The minimum Gasteiger partial charge on any atom is -0.356 e. The molecule has 2 amide bonds. The van der Waals surface area contributed by atoms with Gasteiger partial charge in [-0.2, -0.15) is 0 Å². The molecule has 1 aliphatic heterocycles. The largest absolute Gasteiger partial charge is 0.356 e. The molecule has 1 heterocycles. The summed E-state index contributed by atoms with van der Waals surface area (Å²) in [6, 6.07) is 5.31. The summed E-state index contributed by atoms with van der Waals surface area (Å²) in [6.07, 6.45) is 0.947. The molecule has 5 heteroatoms. The van der Waals surface area contributed by atoms with Crippen LogP contribution in [0.2, 0.25) is 5.02 Å². The second-order valence-corrected chi connectivity index (χ2v) is 4.92. The highest BCUT2D eigenvalue weighted by atomic mass is 35.5. The smallest absolute Gasteiger partial charge is 0.228 e. The summed E-state index contributed by atoms with van der Waals surface area (Å²) in [5.74, 6) is -0.404. The van der Waals surface area contributed by atoms with Crippen molar-refractivity contribution < 1.29 is 9.59 Å². The van der Waals surface area contributed by atoms with Crippen molar-refractivity contribution in [1.82, 2.24) is 5.32 Å². The molecule has 1 aliphatic rings. The first kappa shape index (κ1) is 12.9. The number of hydrogen-bond donors (Lipinski definition) is 2. The molecular weight excluding hydrogens is 252 g/mol. The number of aryl methyl sites for hydroxylation is 1. The number of rotatable bonds is 2. The van der Waals surface area contributed by atoms with Crippen molar-refractivity contribution in [2.45, 2.75) is 19.8 Å². The Bertz CT molecular complexity index is 488. The highest BCUT2D eigenvalue weighted by Crippen LogP contribution is 2.21. The second kappa shape index (κ2) is 5.40. The Kier molecular flexibility index (Phi) is 3.87. The molecule has 1 atom stereocenters. The lowest BCUT2D eigenvalue weighted by Gasteiger charge is -2.21. The Hall–Kier alpha value is -1.55. The normalized spacial score (nSPS) is 19.2. The molecule has 18 heavy (non-hydrogen) atoms. The predicted molar refractivity (Wildman–Crippen MR) is 70.6 cm³/mol. The van der Waals surface area contributed by atoms with Gasteiger partial charge in [0.2, 0.25) is 11.8 Å². The number of hydrogen-bond acceptors (Lipinski definition) is 2. The quantitative estimate of drug-likeness (QED) is 0.861. The molecule has 0 aliphatic carbocycles. The van der Waals surface area contributed by atoms with Crippen LogP contribution in [-0.4, -0.2) is 18.4 Å². The van der Waals surface area contributed by atoms with Gasteiger partial charge in [-0.05, 0) is 37.1 Å². The second-order valence-electron chi connectivity index (χ2n) is 4.49. The first-order valence-corrected chi connectivity index (χ1v) is 6.28. The van der Waals surface area contributed by atoms with Gasteiger partial charge >= 0.3 is 0 Å². The van der Waals surface area contributed by atoms with E-state index in [1.165, 1.54) is 0 Å². The molecular formula is C13H15ClN2O2. The molecule has 1 aromatic carbocycles. The van der Waals surface area contributed by atoms with E-state index in [1.807, 2.05) is 6.92 Å². The fourth-order valence-corrected chi connectivity index (χ4v) is 2.24. The van der Waals surface area contributed by atoms with Crippen LogP contribution in [0.15, 0.2) is 18.2 Å². The van der Waals surface area contributed by atoms with E-state index in [0.29, 0.717) is 18.0 Å². The third-order valence-corrected chi connectivity index (χ3v) is 3.30. The van der Waals surface area contributed by atoms with E-state index in [-0.39, 0.29) is 24.2 Å². The van der Waals surface area contributed by atoms with Crippen molar-refractivity contribution in [1.29, 1.82) is 0 Å². The lowest BCUT2D eigenvalue weighted by Crippen LogP contribution is -2.38. The van der Waals surface area contributed by atoms with E-state index in [4.69, 9.17) is 11.6 Å². The summed E-state index contributed by atoms with van der Waals surface area (Å²) in [5, 5.41) is 6.20. The summed E-state index contributed by atoms with van der Waals surface area (Å²) in [6.45, 7) is 2.45. The van der Waals surface area contributed by atoms with Crippen molar-refractivity contribution in [3.8, 4) is 0 Å². The molecule has 1 saturated heterocycles. The Balaban J connectivity index is 2.04. The van der Waals surface area contributed by atoms with Gasteiger partial charge in [0.05, 0.1) is 0 Å². The Morgan fingerprint density at radius 1 is 1.50 bits per heavy atom. The van der Waals surface area contributed by atoms with Gasteiger partial charge < -0.3 is 10.6 Å². The number of anilines is 1. The minimum atomic E-state index is -0.242. The van der Waals surface area contributed by atoms with Gasteiger partial charge in [-0.15, -0.1) is 0 Å². The van der Waals surface area contributed by atoms with E-state index in [9.17, 15) is 9.59 Å². The standard InChI is InChI=1S/C13H15ClN2O2/c1-8-6-10(14)2-3-11(8)16-13(18)9-4-5-15-12(17)7-9/h2-3,6,9H,4-5,7H2,1H3,(H,15,17)(H,16,18). The number of piperidine rings is 1. The number of halogens is 1. The highest BCUT2D eigenvalue weighted by Gasteiger charge is 2.25. The maximum absolute atomic E-state index is 12.0. The van der Waals surface area contributed by atoms with Crippen LogP contribution < -0.4 is 10.6 Å². The number of carbonyl (C=O) groups is 2. The van der Waals surface area contributed by atoms with E-state index in [0.717, 1.165) is 11.3 Å². The summed E-state index contributed by atoms with van der Waals surface area (Å²) in [7, 11) is 0. The number of nitrogens with one attached hydrogen (secondary N) is 2. The van der Waals surface area contributed by atoms with Crippen molar-refractivity contribution >= 4 is 29.1 Å². The van der Waals surface area contributed by atoms with Crippen molar-refractivity contribution in [2.24, 2.45) is 5.92 Å². The van der Waals surface area contributed by atoms with E-state index >= 15 is 0 Å².